The number of amides is 1. The van der Waals surface area contributed by atoms with Gasteiger partial charge in [-0.2, -0.15) is 0 Å². The number of carbonyl (C=O) groups excluding carboxylic acids is 1. The number of nitrogens with zero attached hydrogens (tertiary/aromatic N) is 3. The van der Waals surface area contributed by atoms with Crippen molar-refractivity contribution < 1.29 is 4.79 Å². The van der Waals surface area contributed by atoms with Crippen LogP contribution in [0.1, 0.15) is 28.9 Å². The summed E-state index contributed by atoms with van der Waals surface area (Å²) < 4.78 is 0. The van der Waals surface area contributed by atoms with Gasteiger partial charge in [-0.3, -0.25) is 4.79 Å². The topological polar surface area (TPSA) is 48.5 Å². The Balaban J connectivity index is 2.12. The number of anilines is 1. The van der Waals surface area contributed by atoms with Gasteiger partial charge in [0.25, 0.3) is 5.91 Å². The number of hydrogen-bond acceptors (Lipinski definition) is 4. The molecule has 0 aliphatic carbocycles. The molecule has 1 saturated heterocycles. The molecule has 1 N–H and O–H groups in total. The van der Waals surface area contributed by atoms with Gasteiger partial charge in [0.2, 0.25) is 0 Å². The zero-order chi connectivity index (χ0) is 14.7. The fourth-order valence-corrected chi connectivity index (χ4v) is 2.67. The van der Waals surface area contributed by atoms with E-state index < -0.39 is 0 Å². The van der Waals surface area contributed by atoms with Gasteiger partial charge in [0.05, 0.1) is 0 Å². The summed E-state index contributed by atoms with van der Waals surface area (Å²) in [7, 11) is 5.85. The molecule has 0 spiro atoms. The minimum Gasteiger partial charge on any atom is -0.373 e. The van der Waals surface area contributed by atoms with E-state index in [1.54, 1.807) is 0 Å². The molecular formula is C15H24N4O. The van der Waals surface area contributed by atoms with Gasteiger partial charge in [0, 0.05) is 31.4 Å². The molecule has 0 bridgehead atoms. The summed E-state index contributed by atoms with van der Waals surface area (Å²) in [6, 6.07) is 4.01. The molecule has 20 heavy (non-hydrogen) atoms. The molecule has 0 unspecified atom stereocenters. The minimum atomic E-state index is 0.0848. The Bertz CT molecular complexity index is 481. The molecule has 2 heterocycles. The van der Waals surface area contributed by atoms with Gasteiger partial charge in [0.15, 0.2) is 0 Å². The molecule has 1 fully saturated rings. The van der Waals surface area contributed by atoms with Gasteiger partial charge < -0.3 is 15.1 Å². The lowest BCUT2D eigenvalue weighted by atomic mass is 10.0. The van der Waals surface area contributed by atoms with Gasteiger partial charge >= 0.3 is 0 Å². The molecule has 0 saturated carbocycles. The predicted octanol–water partition coefficient (Wildman–Crippen LogP) is 1.60. The molecule has 2 rings (SSSR count). The molecule has 1 aromatic rings. The average Bonchev–Trinajstić information content (AvgIpc) is 2.45. The van der Waals surface area contributed by atoms with Crippen LogP contribution in [0.3, 0.4) is 0 Å². The summed E-state index contributed by atoms with van der Waals surface area (Å²) >= 11 is 0. The smallest absolute Gasteiger partial charge is 0.254 e. The number of piperidine rings is 1. The van der Waals surface area contributed by atoms with Gasteiger partial charge in [-0.05, 0) is 52.0 Å². The van der Waals surface area contributed by atoms with Crippen molar-refractivity contribution in [2.24, 2.45) is 0 Å². The Hall–Kier alpha value is -1.62. The van der Waals surface area contributed by atoms with Crippen molar-refractivity contribution in [2.45, 2.75) is 25.8 Å². The second-order valence-corrected chi connectivity index (χ2v) is 5.58. The maximum atomic E-state index is 12.6. The molecule has 110 valence electrons. The van der Waals surface area contributed by atoms with Crippen molar-refractivity contribution in [3.05, 3.63) is 23.4 Å². The predicted molar refractivity (Wildman–Crippen MR) is 81.1 cm³/mol. The van der Waals surface area contributed by atoms with Crippen molar-refractivity contribution in [3.63, 3.8) is 0 Å². The number of aryl methyl sites for hydroxylation is 1. The first-order valence-corrected chi connectivity index (χ1v) is 7.13. The van der Waals surface area contributed by atoms with Crippen LogP contribution in [0.15, 0.2) is 12.1 Å². The Morgan fingerprint density at radius 2 is 2.05 bits per heavy atom. The summed E-state index contributed by atoms with van der Waals surface area (Å²) in [5.41, 5.74) is 1.57. The Labute approximate surface area is 121 Å². The van der Waals surface area contributed by atoms with Crippen LogP contribution in [-0.2, 0) is 0 Å². The molecule has 5 nitrogen and oxygen atoms in total. The van der Waals surface area contributed by atoms with Crippen LogP contribution in [0, 0.1) is 6.92 Å². The van der Waals surface area contributed by atoms with E-state index in [9.17, 15) is 4.79 Å². The normalized spacial score (nSPS) is 17.0. The van der Waals surface area contributed by atoms with Gasteiger partial charge in [-0.25, -0.2) is 4.98 Å². The van der Waals surface area contributed by atoms with E-state index in [1.807, 2.05) is 38.1 Å². The van der Waals surface area contributed by atoms with Crippen LogP contribution in [0.25, 0.3) is 0 Å². The molecule has 1 aliphatic rings. The average molecular weight is 276 g/mol. The summed E-state index contributed by atoms with van der Waals surface area (Å²) in [6.45, 7) is 4.02. The zero-order valence-electron chi connectivity index (χ0n) is 12.8. The summed E-state index contributed by atoms with van der Waals surface area (Å²) in [6.07, 6.45) is 2.09. The maximum Gasteiger partial charge on any atom is 0.254 e. The van der Waals surface area contributed by atoms with Gasteiger partial charge in [0.1, 0.15) is 5.82 Å². The molecule has 0 atom stereocenters. The second kappa shape index (κ2) is 6.22. The molecule has 1 aromatic heterocycles. The van der Waals surface area contributed by atoms with Crippen LogP contribution >= 0.6 is 0 Å². The Kier molecular flexibility index (Phi) is 4.60. The largest absolute Gasteiger partial charge is 0.373 e. The Morgan fingerprint density at radius 1 is 1.40 bits per heavy atom. The zero-order valence-corrected chi connectivity index (χ0v) is 12.8. The van der Waals surface area contributed by atoms with Crippen molar-refractivity contribution in [3.8, 4) is 0 Å². The highest BCUT2D eigenvalue weighted by molar-refractivity contribution is 5.95. The van der Waals surface area contributed by atoms with Crippen molar-refractivity contribution >= 4 is 11.7 Å². The fraction of sp³-hybridized carbons (Fsp3) is 0.600. The lowest BCUT2D eigenvalue weighted by molar-refractivity contribution is 0.0659. The summed E-state index contributed by atoms with van der Waals surface area (Å²) in [5, 5.41) is 3.00. The third-order valence-electron chi connectivity index (χ3n) is 4.01. The van der Waals surface area contributed by atoms with E-state index in [1.165, 1.54) is 0 Å². The molecule has 5 heteroatoms. The standard InChI is InChI=1S/C15H24N4O/c1-11-9-12(10-14(16-2)17-11)15(20)19(4)13-5-7-18(3)8-6-13/h9-10,13H,5-8H2,1-4H3,(H,16,17). The van der Waals surface area contributed by atoms with Crippen LogP contribution in [0.4, 0.5) is 5.82 Å². The third-order valence-corrected chi connectivity index (χ3v) is 4.01. The highest BCUT2D eigenvalue weighted by Gasteiger charge is 2.25. The molecule has 0 radical (unpaired) electrons. The van der Waals surface area contributed by atoms with Crippen LogP contribution in [0.2, 0.25) is 0 Å². The SMILES string of the molecule is CNc1cc(C(=O)N(C)C2CCN(C)CC2)cc(C)n1. The third kappa shape index (κ3) is 3.28. The van der Waals surface area contributed by atoms with Crippen LogP contribution < -0.4 is 5.32 Å². The van der Waals surface area contributed by atoms with E-state index in [4.69, 9.17) is 0 Å². The van der Waals surface area contributed by atoms with Crippen LogP contribution in [-0.4, -0.2) is 61.0 Å². The number of rotatable bonds is 3. The highest BCUT2D eigenvalue weighted by Crippen LogP contribution is 2.18. The number of aromatic nitrogens is 1. The maximum absolute atomic E-state index is 12.6. The molecule has 0 aromatic carbocycles. The second-order valence-electron chi connectivity index (χ2n) is 5.58. The first kappa shape index (κ1) is 14.8. The van der Waals surface area contributed by atoms with E-state index in [2.05, 4.69) is 22.2 Å². The molecule has 1 aliphatic heterocycles. The number of likely N-dealkylation sites (tertiary alicyclic amines) is 1. The van der Waals surface area contributed by atoms with E-state index in [0.717, 1.165) is 37.4 Å². The van der Waals surface area contributed by atoms with Crippen LogP contribution in [0.5, 0.6) is 0 Å². The fourth-order valence-electron chi connectivity index (χ4n) is 2.67. The molecule has 1 amide bonds. The highest BCUT2D eigenvalue weighted by atomic mass is 16.2. The number of hydrogen-bond donors (Lipinski definition) is 1. The van der Waals surface area contributed by atoms with Gasteiger partial charge in [-0.15, -0.1) is 0 Å². The van der Waals surface area contributed by atoms with E-state index in [0.29, 0.717) is 11.6 Å². The number of pyridine rings is 1. The first-order chi connectivity index (χ1) is 9.51. The van der Waals surface area contributed by atoms with Crippen molar-refractivity contribution in [1.82, 2.24) is 14.8 Å². The summed E-state index contributed by atoms with van der Waals surface area (Å²) in [5.74, 6) is 0.826. The summed E-state index contributed by atoms with van der Waals surface area (Å²) in [4.78, 5) is 21.1. The van der Waals surface area contributed by atoms with Crippen molar-refractivity contribution in [2.75, 3.05) is 39.5 Å². The first-order valence-electron chi connectivity index (χ1n) is 7.13. The quantitative estimate of drug-likeness (QED) is 0.911. The van der Waals surface area contributed by atoms with Crippen molar-refractivity contribution in [1.29, 1.82) is 0 Å². The number of nitrogens with one attached hydrogen (secondary N) is 1. The van der Waals surface area contributed by atoms with E-state index >= 15 is 0 Å². The monoisotopic (exact) mass is 276 g/mol. The lowest BCUT2D eigenvalue weighted by Crippen LogP contribution is -2.44. The Morgan fingerprint density at radius 3 is 2.65 bits per heavy atom. The molecular weight excluding hydrogens is 252 g/mol. The lowest BCUT2D eigenvalue weighted by Gasteiger charge is -2.35. The van der Waals surface area contributed by atoms with E-state index in [-0.39, 0.29) is 5.91 Å². The minimum absolute atomic E-state index is 0.0848. The number of carbonyl (C=O) groups is 1. The van der Waals surface area contributed by atoms with Gasteiger partial charge in [-0.1, -0.05) is 0 Å².